The van der Waals surface area contributed by atoms with Gasteiger partial charge in [0.1, 0.15) is 11.6 Å². The van der Waals surface area contributed by atoms with Crippen LogP contribution in [0.25, 0.3) is 0 Å². The molecule has 2 heterocycles. The van der Waals surface area contributed by atoms with Gasteiger partial charge in [0.2, 0.25) is 0 Å². The second-order valence-corrected chi connectivity index (χ2v) is 4.43. The molecule has 6 heteroatoms. The molecule has 0 fully saturated rings. The van der Waals surface area contributed by atoms with Crippen LogP contribution in [0.1, 0.15) is 41.8 Å². The summed E-state index contributed by atoms with van der Waals surface area (Å²) in [5.41, 5.74) is 7.30. The summed E-state index contributed by atoms with van der Waals surface area (Å²) < 4.78 is 6.57. The zero-order valence-corrected chi connectivity index (χ0v) is 11.8. The number of aromatic nitrogens is 3. The van der Waals surface area contributed by atoms with Crippen LogP contribution in [0, 0.1) is 0 Å². The maximum atomic E-state index is 11.7. The molecular weight excluding hydrogens is 256 g/mol. The van der Waals surface area contributed by atoms with Gasteiger partial charge in [-0.05, 0) is 24.6 Å². The van der Waals surface area contributed by atoms with E-state index >= 15 is 0 Å². The van der Waals surface area contributed by atoms with Crippen molar-refractivity contribution in [2.24, 2.45) is 0 Å². The van der Waals surface area contributed by atoms with E-state index in [0.717, 1.165) is 11.4 Å². The van der Waals surface area contributed by atoms with Crippen molar-refractivity contribution < 1.29 is 9.53 Å². The first-order valence-corrected chi connectivity index (χ1v) is 6.44. The van der Waals surface area contributed by atoms with E-state index < -0.39 is 5.97 Å². The number of carbonyl (C=O) groups is 1. The Morgan fingerprint density at radius 1 is 1.45 bits per heavy atom. The Morgan fingerprint density at radius 2 is 2.10 bits per heavy atom. The van der Waals surface area contributed by atoms with Crippen LogP contribution in [0.15, 0.2) is 24.5 Å². The number of nitrogens with two attached hydrogens (primary N) is 1. The Morgan fingerprint density at radius 3 is 2.65 bits per heavy atom. The highest BCUT2D eigenvalue weighted by Crippen LogP contribution is 2.26. The van der Waals surface area contributed by atoms with Crippen LogP contribution >= 0.6 is 0 Å². The van der Waals surface area contributed by atoms with Crippen LogP contribution in [-0.2, 0) is 11.2 Å². The highest BCUT2D eigenvalue weighted by molar-refractivity contribution is 5.92. The van der Waals surface area contributed by atoms with Gasteiger partial charge in [0.05, 0.1) is 13.2 Å². The Labute approximate surface area is 117 Å². The molecule has 1 unspecified atom stereocenters. The number of hydrogen-bond donors (Lipinski definition) is 1. The van der Waals surface area contributed by atoms with E-state index in [2.05, 4.69) is 9.97 Å². The predicted molar refractivity (Wildman–Crippen MR) is 75.4 cm³/mol. The maximum absolute atomic E-state index is 11.7. The summed E-state index contributed by atoms with van der Waals surface area (Å²) in [5.74, 6) is 0.572. The number of imidazole rings is 1. The van der Waals surface area contributed by atoms with Gasteiger partial charge in [-0.2, -0.15) is 0 Å². The monoisotopic (exact) mass is 274 g/mol. The van der Waals surface area contributed by atoms with Crippen LogP contribution in [0.3, 0.4) is 0 Å². The third-order valence-corrected chi connectivity index (χ3v) is 3.29. The van der Waals surface area contributed by atoms with Gasteiger partial charge >= 0.3 is 5.97 Å². The van der Waals surface area contributed by atoms with Crippen LogP contribution in [0.5, 0.6) is 0 Å². The number of ether oxygens (including phenoxy) is 1. The molecule has 0 aliphatic rings. The molecule has 0 aliphatic carbocycles. The molecule has 6 nitrogen and oxygen atoms in total. The number of carbonyl (C=O) groups excluding carboxylic acids is 1. The zero-order chi connectivity index (χ0) is 14.7. The van der Waals surface area contributed by atoms with E-state index in [1.165, 1.54) is 7.11 Å². The maximum Gasteiger partial charge on any atom is 0.360 e. The number of methoxy groups -OCH3 is 1. The largest absolute Gasteiger partial charge is 0.464 e. The molecule has 0 saturated heterocycles. The van der Waals surface area contributed by atoms with Crippen molar-refractivity contribution >= 4 is 11.8 Å². The quantitative estimate of drug-likeness (QED) is 0.860. The summed E-state index contributed by atoms with van der Waals surface area (Å²) in [7, 11) is 1.32. The van der Waals surface area contributed by atoms with Crippen molar-refractivity contribution in [1.29, 1.82) is 0 Å². The number of nitrogen functional groups attached to an aromatic ring is 1. The highest BCUT2D eigenvalue weighted by Gasteiger charge is 2.23. The number of aryl methyl sites for hydroxylation is 1. The molecule has 0 amide bonds. The summed E-state index contributed by atoms with van der Waals surface area (Å²) in [4.78, 5) is 20.0. The minimum absolute atomic E-state index is 0.0288. The van der Waals surface area contributed by atoms with E-state index in [1.807, 2.05) is 30.5 Å². The third kappa shape index (κ3) is 2.36. The lowest BCUT2D eigenvalue weighted by molar-refractivity contribution is 0.0595. The molecule has 0 spiro atoms. The molecule has 106 valence electrons. The highest BCUT2D eigenvalue weighted by atomic mass is 16.5. The van der Waals surface area contributed by atoms with Crippen molar-refractivity contribution in [2.45, 2.75) is 26.3 Å². The normalized spacial score (nSPS) is 12.2. The summed E-state index contributed by atoms with van der Waals surface area (Å²) in [5, 5.41) is 0. The van der Waals surface area contributed by atoms with E-state index in [0.29, 0.717) is 12.2 Å². The zero-order valence-electron chi connectivity index (χ0n) is 11.8. The van der Waals surface area contributed by atoms with Gasteiger partial charge < -0.3 is 15.0 Å². The fourth-order valence-electron chi connectivity index (χ4n) is 2.21. The van der Waals surface area contributed by atoms with Crippen LogP contribution in [0.2, 0.25) is 0 Å². The number of hydrogen-bond acceptors (Lipinski definition) is 5. The Bertz CT molecular complexity index is 607. The lowest BCUT2D eigenvalue weighted by Crippen LogP contribution is -2.14. The average Bonchev–Trinajstić information content (AvgIpc) is 2.83. The minimum Gasteiger partial charge on any atom is -0.464 e. The fraction of sp³-hybridized carbons (Fsp3) is 0.357. The second-order valence-electron chi connectivity index (χ2n) is 4.43. The van der Waals surface area contributed by atoms with Gasteiger partial charge in [0.15, 0.2) is 5.69 Å². The second kappa shape index (κ2) is 5.73. The first kappa shape index (κ1) is 14.0. The van der Waals surface area contributed by atoms with Gasteiger partial charge in [0, 0.05) is 18.8 Å². The van der Waals surface area contributed by atoms with Gasteiger partial charge in [-0.25, -0.2) is 9.78 Å². The molecule has 2 aromatic heterocycles. The Hall–Kier alpha value is -2.37. The predicted octanol–water partition coefficient (Wildman–Crippen LogP) is 1.82. The lowest BCUT2D eigenvalue weighted by atomic mass is 10.1. The van der Waals surface area contributed by atoms with E-state index in [1.54, 1.807) is 12.4 Å². The smallest absolute Gasteiger partial charge is 0.360 e. The molecule has 0 bridgehead atoms. The number of pyridine rings is 1. The summed E-state index contributed by atoms with van der Waals surface area (Å²) in [6, 6.07) is 3.81. The molecular formula is C14H18N4O2. The van der Waals surface area contributed by atoms with E-state index in [4.69, 9.17) is 10.5 Å². The molecule has 2 rings (SSSR count). The molecule has 20 heavy (non-hydrogen) atoms. The average molecular weight is 274 g/mol. The third-order valence-electron chi connectivity index (χ3n) is 3.29. The first-order valence-electron chi connectivity index (χ1n) is 6.44. The number of rotatable bonds is 4. The van der Waals surface area contributed by atoms with E-state index in [-0.39, 0.29) is 11.7 Å². The molecule has 0 radical (unpaired) electrons. The minimum atomic E-state index is -0.516. The Kier molecular flexibility index (Phi) is 4.02. The molecule has 0 saturated carbocycles. The summed E-state index contributed by atoms with van der Waals surface area (Å²) in [6.45, 7) is 3.98. The van der Waals surface area contributed by atoms with E-state index in [9.17, 15) is 4.79 Å². The van der Waals surface area contributed by atoms with Crippen LogP contribution in [-0.4, -0.2) is 27.6 Å². The first-order chi connectivity index (χ1) is 9.60. The molecule has 0 aromatic carbocycles. The number of nitrogens with zero attached hydrogens (tertiary/aromatic N) is 3. The van der Waals surface area contributed by atoms with Crippen LogP contribution in [0.4, 0.5) is 5.82 Å². The van der Waals surface area contributed by atoms with Crippen molar-refractivity contribution in [1.82, 2.24) is 14.5 Å². The molecule has 2 aromatic rings. The van der Waals surface area contributed by atoms with Crippen molar-refractivity contribution in [3.05, 3.63) is 41.6 Å². The number of esters is 1. The SMILES string of the molecule is CCc1nc(C(=O)OC)c(N)n1C(C)c1ccncc1. The van der Waals surface area contributed by atoms with Crippen molar-refractivity contribution in [2.75, 3.05) is 12.8 Å². The van der Waals surface area contributed by atoms with Crippen molar-refractivity contribution in [3.63, 3.8) is 0 Å². The molecule has 1 atom stereocenters. The molecule has 2 N–H and O–H groups in total. The van der Waals surface area contributed by atoms with Crippen LogP contribution < -0.4 is 5.73 Å². The molecule has 0 aliphatic heterocycles. The van der Waals surface area contributed by atoms with Crippen molar-refractivity contribution in [3.8, 4) is 0 Å². The van der Waals surface area contributed by atoms with Gasteiger partial charge in [-0.1, -0.05) is 6.92 Å². The number of anilines is 1. The van der Waals surface area contributed by atoms with Gasteiger partial charge in [-0.3, -0.25) is 4.98 Å². The lowest BCUT2D eigenvalue weighted by Gasteiger charge is -2.17. The Balaban J connectivity index is 2.50. The fourth-order valence-corrected chi connectivity index (χ4v) is 2.21. The topological polar surface area (TPSA) is 83.0 Å². The summed E-state index contributed by atoms with van der Waals surface area (Å²) >= 11 is 0. The van der Waals surface area contributed by atoms with Gasteiger partial charge in [-0.15, -0.1) is 0 Å². The summed E-state index contributed by atoms with van der Waals surface area (Å²) in [6.07, 6.45) is 4.13. The standard InChI is InChI=1S/C14H18N4O2/c1-4-11-17-12(14(19)20-3)13(15)18(11)9(2)10-5-7-16-8-6-10/h5-9H,4,15H2,1-3H3. The van der Waals surface area contributed by atoms with Gasteiger partial charge in [0.25, 0.3) is 0 Å².